The molecule has 0 spiro atoms. The third kappa shape index (κ3) is 2.50. The topological polar surface area (TPSA) is 69.6 Å². The number of hydrogen-bond donors (Lipinski definition) is 1. The molecule has 1 heterocycles. The van der Waals surface area contributed by atoms with Crippen LogP contribution in [0.5, 0.6) is 0 Å². The van der Waals surface area contributed by atoms with Gasteiger partial charge in [0.1, 0.15) is 5.82 Å². The van der Waals surface area contributed by atoms with Crippen molar-refractivity contribution in [3.8, 4) is 11.4 Å². The molecular formula is C14H18FN5. The Morgan fingerprint density at radius 2 is 1.90 bits per heavy atom. The highest BCUT2D eigenvalue weighted by molar-refractivity contribution is 5.59. The second-order valence-electron chi connectivity index (χ2n) is 5.33. The zero-order chi connectivity index (χ0) is 13.9. The monoisotopic (exact) mass is 275 g/mol. The van der Waals surface area contributed by atoms with Crippen LogP contribution in [-0.4, -0.2) is 20.2 Å². The minimum atomic E-state index is -0.432. The van der Waals surface area contributed by atoms with E-state index in [1.165, 1.54) is 31.7 Å². The molecule has 1 aliphatic rings. The molecule has 0 amide bonds. The average Bonchev–Trinajstić information content (AvgIpc) is 2.77. The molecule has 0 atom stereocenters. The standard InChI is InChI=1S/C14H18FN5/c15-12-9-10(7-8-13(12)16)14-17-18-19-20(14)11-5-3-1-2-4-6-11/h7-9,11H,1-6,16H2. The lowest BCUT2D eigenvalue weighted by molar-refractivity contribution is 0.400. The van der Waals surface area contributed by atoms with Crippen molar-refractivity contribution in [2.24, 2.45) is 0 Å². The van der Waals surface area contributed by atoms with Gasteiger partial charge >= 0.3 is 0 Å². The first-order valence-electron chi connectivity index (χ1n) is 7.09. The van der Waals surface area contributed by atoms with Gasteiger partial charge in [-0.15, -0.1) is 5.10 Å². The fraction of sp³-hybridized carbons (Fsp3) is 0.500. The lowest BCUT2D eigenvalue weighted by atomic mass is 10.1. The highest BCUT2D eigenvalue weighted by atomic mass is 19.1. The number of nitrogens with zero attached hydrogens (tertiary/aromatic N) is 4. The third-order valence-corrected chi connectivity index (χ3v) is 3.92. The van der Waals surface area contributed by atoms with E-state index in [1.54, 1.807) is 12.1 Å². The first-order valence-corrected chi connectivity index (χ1v) is 7.09. The quantitative estimate of drug-likeness (QED) is 0.675. The van der Waals surface area contributed by atoms with Crippen molar-refractivity contribution in [1.82, 2.24) is 20.2 Å². The van der Waals surface area contributed by atoms with Gasteiger partial charge in [-0.1, -0.05) is 25.7 Å². The highest BCUT2D eigenvalue weighted by Gasteiger charge is 2.20. The van der Waals surface area contributed by atoms with Crippen molar-refractivity contribution in [2.75, 3.05) is 5.73 Å². The molecule has 0 bridgehead atoms. The molecule has 0 saturated heterocycles. The van der Waals surface area contributed by atoms with E-state index < -0.39 is 5.82 Å². The van der Waals surface area contributed by atoms with Gasteiger partial charge in [-0.3, -0.25) is 0 Å². The van der Waals surface area contributed by atoms with E-state index in [1.807, 2.05) is 4.68 Å². The number of rotatable bonds is 2. The Morgan fingerprint density at radius 1 is 1.15 bits per heavy atom. The van der Waals surface area contributed by atoms with Gasteiger partial charge in [0.05, 0.1) is 11.7 Å². The van der Waals surface area contributed by atoms with Gasteiger partial charge in [0, 0.05) is 5.56 Å². The van der Waals surface area contributed by atoms with E-state index in [4.69, 9.17) is 5.73 Å². The molecule has 5 nitrogen and oxygen atoms in total. The normalized spacial score (nSPS) is 17.1. The van der Waals surface area contributed by atoms with Gasteiger partial charge in [0.15, 0.2) is 5.82 Å². The number of nitrogens with two attached hydrogens (primary N) is 1. The van der Waals surface area contributed by atoms with Crippen LogP contribution in [0.3, 0.4) is 0 Å². The van der Waals surface area contributed by atoms with Crippen molar-refractivity contribution in [1.29, 1.82) is 0 Å². The predicted molar refractivity (Wildman–Crippen MR) is 74.4 cm³/mol. The third-order valence-electron chi connectivity index (χ3n) is 3.92. The van der Waals surface area contributed by atoms with Crippen LogP contribution in [0.1, 0.15) is 44.6 Å². The Labute approximate surface area is 117 Å². The van der Waals surface area contributed by atoms with Crippen molar-refractivity contribution in [3.63, 3.8) is 0 Å². The van der Waals surface area contributed by atoms with Crippen LogP contribution in [0, 0.1) is 5.82 Å². The molecule has 0 unspecified atom stereocenters. The first-order chi connectivity index (χ1) is 9.75. The lowest BCUT2D eigenvalue weighted by Gasteiger charge is -2.15. The van der Waals surface area contributed by atoms with Crippen LogP contribution in [0.25, 0.3) is 11.4 Å². The molecule has 1 fully saturated rings. The SMILES string of the molecule is Nc1ccc(-c2nnnn2C2CCCCCC2)cc1F. The Kier molecular flexibility index (Phi) is 3.62. The summed E-state index contributed by atoms with van der Waals surface area (Å²) in [4.78, 5) is 0. The van der Waals surface area contributed by atoms with Crippen LogP contribution < -0.4 is 5.73 Å². The van der Waals surface area contributed by atoms with E-state index in [0.29, 0.717) is 17.4 Å². The number of aromatic nitrogens is 4. The molecule has 1 saturated carbocycles. The van der Waals surface area contributed by atoms with Gasteiger partial charge in [-0.25, -0.2) is 9.07 Å². The molecular weight excluding hydrogens is 257 g/mol. The summed E-state index contributed by atoms with van der Waals surface area (Å²) in [5.74, 6) is 0.189. The summed E-state index contributed by atoms with van der Waals surface area (Å²) in [6, 6.07) is 5.02. The Morgan fingerprint density at radius 3 is 2.60 bits per heavy atom. The van der Waals surface area contributed by atoms with Gasteiger partial charge in [-0.05, 0) is 41.5 Å². The summed E-state index contributed by atoms with van der Waals surface area (Å²) >= 11 is 0. The maximum absolute atomic E-state index is 13.6. The number of tetrazole rings is 1. The van der Waals surface area contributed by atoms with Gasteiger partial charge in [0.25, 0.3) is 0 Å². The van der Waals surface area contributed by atoms with Crippen molar-refractivity contribution in [2.45, 2.75) is 44.6 Å². The number of halogens is 1. The Bertz CT molecular complexity index is 587. The van der Waals surface area contributed by atoms with E-state index in [2.05, 4.69) is 15.5 Å². The fourth-order valence-corrected chi connectivity index (χ4v) is 2.80. The van der Waals surface area contributed by atoms with E-state index in [0.717, 1.165) is 12.8 Å². The van der Waals surface area contributed by atoms with Gasteiger partial charge < -0.3 is 5.73 Å². The van der Waals surface area contributed by atoms with Gasteiger partial charge in [-0.2, -0.15) is 0 Å². The Hall–Kier alpha value is -1.98. The van der Waals surface area contributed by atoms with Crippen molar-refractivity contribution >= 4 is 5.69 Å². The van der Waals surface area contributed by atoms with Crippen molar-refractivity contribution in [3.05, 3.63) is 24.0 Å². The summed E-state index contributed by atoms with van der Waals surface area (Å²) < 4.78 is 15.5. The van der Waals surface area contributed by atoms with Crippen LogP contribution in [0.15, 0.2) is 18.2 Å². The van der Waals surface area contributed by atoms with Crippen molar-refractivity contribution < 1.29 is 4.39 Å². The molecule has 2 aromatic rings. The predicted octanol–water partition coefficient (Wildman–Crippen LogP) is 2.96. The van der Waals surface area contributed by atoms with Crippen LogP contribution in [0.4, 0.5) is 10.1 Å². The maximum Gasteiger partial charge on any atom is 0.182 e. The molecule has 0 aliphatic heterocycles. The second kappa shape index (κ2) is 5.56. The molecule has 2 N–H and O–H groups in total. The molecule has 1 aromatic carbocycles. The highest BCUT2D eigenvalue weighted by Crippen LogP contribution is 2.30. The zero-order valence-corrected chi connectivity index (χ0v) is 11.3. The zero-order valence-electron chi connectivity index (χ0n) is 11.3. The summed E-state index contributed by atoms with van der Waals surface area (Å²) in [5.41, 5.74) is 6.32. The van der Waals surface area contributed by atoms with Crippen LogP contribution in [-0.2, 0) is 0 Å². The molecule has 1 aliphatic carbocycles. The number of benzene rings is 1. The van der Waals surface area contributed by atoms with E-state index >= 15 is 0 Å². The van der Waals surface area contributed by atoms with Crippen LogP contribution >= 0.6 is 0 Å². The lowest BCUT2D eigenvalue weighted by Crippen LogP contribution is -2.11. The van der Waals surface area contributed by atoms with E-state index in [-0.39, 0.29) is 5.69 Å². The smallest absolute Gasteiger partial charge is 0.182 e. The molecule has 1 aromatic heterocycles. The molecule has 0 radical (unpaired) electrons. The van der Waals surface area contributed by atoms with Gasteiger partial charge in [0.2, 0.25) is 0 Å². The maximum atomic E-state index is 13.6. The van der Waals surface area contributed by atoms with Crippen LogP contribution in [0.2, 0.25) is 0 Å². The number of nitrogen functional groups attached to an aromatic ring is 1. The molecule has 6 heteroatoms. The average molecular weight is 275 g/mol. The summed E-state index contributed by atoms with van der Waals surface area (Å²) in [6.07, 6.45) is 7.08. The molecule has 106 valence electrons. The largest absolute Gasteiger partial charge is 0.396 e. The minimum Gasteiger partial charge on any atom is -0.396 e. The summed E-state index contributed by atoms with van der Waals surface area (Å²) in [5, 5.41) is 11.9. The first kappa shape index (κ1) is 13.0. The second-order valence-corrected chi connectivity index (χ2v) is 5.33. The molecule has 20 heavy (non-hydrogen) atoms. The summed E-state index contributed by atoms with van der Waals surface area (Å²) in [6.45, 7) is 0. The Balaban J connectivity index is 1.94. The molecule has 3 rings (SSSR count). The van der Waals surface area contributed by atoms with E-state index in [9.17, 15) is 4.39 Å². The number of hydrogen-bond acceptors (Lipinski definition) is 4. The minimum absolute atomic E-state index is 0.141. The summed E-state index contributed by atoms with van der Waals surface area (Å²) in [7, 11) is 0. The fourth-order valence-electron chi connectivity index (χ4n) is 2.80. The number of anilines is 1.